The first kappa shape index (κ1) is 47.1. The highest BCUT2D eigenvalue weighted by molar-refractivity contribution is 6.96. The number of rotatable bonds is 22. The molecule has 1 N–H and O–H groups in total. The van der Waals surface area contributed by atoms with Crippen molar-refractivity contribution in [2.24, 2.45) is 0 Å². The molecular weight excluding hydrogens is 793 g/mol. The minimum Gasteiger partial charge on any atom is -0.486 e. The van der Waals surface area contributed by atoms with Gasteiger partial charge in [0, 0.05) is 13.2 Å². The van der Waals surface area contributed by atoms with Gasteiger partial charge in [0.1, 0.15) is 23.0 Å². The van der Waals surface area contributed by atoms with Gasteiger partial charge in [0.05, 0.1) is 0 Å². The fourth-order valence-corrected chi connectivity index (χ4v) is 9.38. The van der Waals surface area contributed by atoms with Crippen LogP contribution in [0.1, 0.15) is 48.9 Å². The number of hydrogen-bond acceptors (Lipinski definition) is 8. The Labute approximate surface area is 368 Å². The second-order valence-corrected chi connectivity index (χ2v) is 19.0. The van der Waals surface area contributed by atoms with E-state index in [-0.39, 0.29) is 31.4 Å². The van der Waals surface area contributed by atoms with Gasteiger partial charge in [0.2, 0.25) is 11.6 Å². The molecule has 6 rings (SSSR count). The number of benzene rings is 6. The van der Waals surface area contributed by atoms with Crippen molar-refractivity contribution in [3.05, 3.63) is 180 Å². The maximum Gasteiger partial charge on any atom is 0.252 e. The third-order valence-electron chi connectivity index (χ3n) is 10.5. The molecule has 0 aromatic heterocycles. The highest BCUT2D eigenvalue weighted by Crippen LogP contribution is 2.18. The summed E-state index contributed by atoms with van der Waals surface area (Å²) in [6.45, 7) is 10.6. The molecule has 324 valence electrons. The van der Waals surface area contributed by atoms with E-state index in [0.717, 1.165) is 42.4 Å². The zero-order valence-corrected chi connectivity index (χ0v) is 37.6. The molecule has 0 bridgehead atoms. The first-order chi connectivity index (χ1) is 30.0. The lowest BCUT2D eigenvalue weighted by Gasteiger charge is -2.28. The molecule has 6 aromatic carbocycles. The number of carbonyl (C=O) groups is 2. The van der Waals surface area contributed by atoms with Crippen molar-refractivity contribution in [1.29, 1.82) is 0 Å². The van der Waals surface area contributed by atoms with Crippen LogP contribution >= 0.6 is 0 Å². The standard InChI is InChI=1S/C33H36O4Si.C20H24O4/c1-26-16-20-30(21-17-26)37-27(2)33(34)25-35-29-22-18-28(19-23-29)11-10-24-36-38(3,31-12-6-4-7-13-31)32-14-8-5-9-15-32;1-15-5-9-19(10-6-15)24-16(2)20(22)14-23-18-11-7-17(8-12-18)4-3-13-21/h4-9,12-23,27H,10-11,24-25H2,1-3H3;5-12,16,21H,3-4,13-14H2,1-2H3. The van der Waals surface area contributed by atoms with Crippen LogP contribution < -0.4 is 29.3 Å². The Morgan fingerprint density at radius 2 is 0.887 bits per heavy atom. The van der Waals surface area contributed by atoms with Crippen LogP contribution in [0.15, 0.2) is 158 Å². The highest BCUT2D eigenvalue weighted by atomic mass is 28.4. The van der Waals surface area contributed by atoms with Gasteiger partial charge in [0.25, 0.3) is 8.32 Å². The molecule has 0 spiro atoms. The Hall–Kier alpha value is -6.00. The molecule has 9 heteroatoms. The summed E-state index contributed by atoms with van der Waals surface area (Å²) in [6, 6.07) is 51.9. The van der Waals surface area contributed by atoms with Crippen molar-refractivity contribution >= 4 is 30.3 Å². The van der Waals surface area contributed by atoms with Gasteiger partial charge in [-0.1, -0.05) is 120 Å². The smallest absolute Gasteiger partial charge is 0.252 e. The molecule has 0 radical (unpaired) electrons. The Balaban J connectivity index is 0.000000260. The fourth-order valence-electron chi connectivity index (χ4n) is 6.50. The minimum atomic E-state index is -2.27. The monoisotopic (exact) mass is 852 g/mol. The number of aliphatic hydroxyl groups is 1. The van der Waals surface area contributed by atoms with Crippen LogP contribution in [0.25, 0.3) is 0 Å². The number of carbonyl (C=O) groups excluding carboxylic acids is 2. The quantitative estimate of drug-likeness (QED) is 0.0534. The zero-order chi connectivity index (χ0) is 44.2. The molecule has 0 aliphatic carbocycles. The van der Waals surface area contributed by atoms with E-state index in [9.17, 15) is 9.59 Å². The SMILES string of the molecule is Cc1ccc(OC(C)C(=O)COc2ccc(CCCO)cc2)cc1.Cc1ccc(OC(C)C(=O)COc2ccc(CCCO[Si](C)(c3ccccc3)c3ccccc3)cc2)cc1. The third kappa shape index (κ3) is 15.2. The molecule has 6 aromatic rings. The number of ether oxygens (including phenoxy) is 4. The average Bonchev–Trinajstić information content (AvgIpc) is 3.31. The Kier molecular flexibility index (Phi) is 18.5. The molecule has 0 aliphatic rings. The Bertz CT molecular complexity index is 2170. The maximum absolute atomic E-state index is 12.5. The summed E-state index contributed by atoms with van der Waals surface area (Å²) in [4.78, 5) is 24.6. The number of hydrogen-bond donors (Lipinski definition) is 1. The predicted octanol–water partition coefficient (Wildman–Crippen LogP) is 9.08. The van der Waals surface area contributed by atoms with Gasteiger partial charge in [-0.2, -0.15) is 0 Å². The molecule has 2 atom stereocenters. The van der Waals surface area contributed by atoms with E-state index < -0.39 is 20.5 Å². The maximum atomic E-state index is 12.5. The van der Waals surface area contributed by atoms with E-state index in [1.165, 1.54) is 15.9 Å². The second kappa shape index (κ2) is 24.4. The minimum absolute atomic E-state index is 0.0248. The summed E-state index contributed by atoms with van der Waals surface area (Å²) in [6.07, 6.45) is 2.28. The van der Waals surface area contributed by atoms with Crippen LogP contribution in [-0.2, 0) is 26.9 Å². The van der Waals surface area contributed by atoms with Crippen LogP contribution in [0.5, 0.6) is 23.0 Å². The summed E-state index contributed by atoms with van der Waals surface area (Å²) >= 11 is 0. The molecule has 0 heterocycles. The summed E-state index contributed by atoms with van der Waals surface area (Å²) in [7, 11) is -2.27. The first-order valence-corrected chi connectivity index (χ1v) is 23.7. The second-order valence-electron chi connectivity index (χ2n) is 15.5. The van der Waals surface area contributed by atoms with E-state index in [4.69, 9.17) is 28.5 Å². The Morgan fingerprint density at radius 3 is 1.27 bits per heavy atom. The predicted molar refractivity (Wildman–Crippen MR) is 250 cm³/mol. The van der Waals surface area contributed by atoms with E-state index in [1.807, 2.05) is 111 Å². The Morgan fingerprint density at radius 1 is 0.516 bits per heavy atom. The van der Waals surface area contributed by atoms with Gasteiger partial charge in [-0.05, 0) is 130 Å². The number of aryl methyl sites for hydroxylation is 4. The molecule has 62 heavy (non-hydrogen) atoms. The van der Waals surface area contributed by atoms with Crippen LogP contribution in [0.4, 0.5) is 0 Å². The largest absolute Gasteiger partial charge is 0.486 e. The molecule has 0 fully saturated rings. The van der Waals surface area contributed by atoms with Gasteiger partial charge in [-0.3, -0.25) is 9.59 Å². The summed E-state index contributed by atoms with van der Waals surface area (Å²) < 4.78 is 29.3. The normalized spacial score (nSPS) is 12.0. The zero-order valence-electron chi connectivity index (χ0n) is 36.6. The summed E-state index contributed by atoms with van der Waals surface area (Å²) in [5.74, 6) is 2.47. The number of Topliss-reactive ketones (excluding diaryl/α,β-unsaturated/α-hetero) is 2. The summed E-state index contributed by atoms with van der Waals surface area (Å²) in [5, 5.41) is 11.4. The van der Waals surface area contributed by atoms with Crippen molar-refractivity contribution in [3.8, 4) is 23.0 Å². The topological polar surface area (TPSA) is 101 Å². The average molecular weight is 853 g/mol. The van der Waals surface area contributed by atoms with Gasteiger partial charge >= 0.3 is 0 Å². The van der Waals surface area contributed by atoms with Gasteiger partial charge in [-0.25, -0.2) is 0 Å². The van der Waals surface area contributed by atoms with Crippen LogP contribution in [0.3, 0.4) is 0 Å². The molecule has 2 unspecified atom stereocenters. The lowest BCUT2D eigenvalue weighted by atomic mass is 10.1. The lowest BCUT2D eigenvalue weighted by Crippen LogP contribution is -2.58. The molecule has 0 amide bonds. The van der Waals surface area contributed by atoms with Gasteiger partial charge in [-0.15, -0.1) is 0 Å². The van der Waals surface area contributed by atoms with E-state index in [1.54, 1.807) is 13.8 Å². The first-order valence-electron chi connectivity index (χ1n) is 21.3. The summed E-state index contributed by atoms with van der Waals surface area (Å²) in [5.41, 5.74) is 4.65. The van der Waals surface area contributed by atoms with Crippen LogP contribution in [0, 0.1) is 13.8 Å². The lowest BCUT2D eigenvalue weighted by molar-refractivity contribution is -0.127. The van der Waals surface area contributed by atoms with Crippen LogP contribution in [0.2, 0.25) is 6.55 Å². The van der Waals surface area contributed by atoms with Crippen molar-refractivity contribution in [3.63, 3.8) is 0 Å². The van der Waals surface area contributed by atoms with Crippen molar-refractivity contribution in [1.82, 2.24) is 0 Å². The van der Waals surface area contributed by atoms with E-state index >= 15 is 0 Å². The molecule has 0 aliphatic heterocycles. The number of aliphatic hydroxyl groups excluding tert-OH is 1. The van der Waals surface area contributed by atoms with Gasteiger partial charge < -0.3 is 28.5 Å². The van der Waals surface area contributed by atoms with E-state index in [2.05, 4.69) is 67.2 Å². The van der Waals surface area contributed by atoms with Crippen molar-refractivity contribution in [2.75, 3.05) is 26.4 Å². The van der Waals surface area contributed by atoms with Gasteiger partial charge in [0.15, 0.2) is 25.4 Å². The highest BCUT2D eigenvalue weighted by Gasteiger charge is 2.33. The molecule has 0 saturated heterocycles. The van der Waals surface area contributed by atoms with Crippen molar-refractivity contribution in [2.45, 2.75) is 72.1 Å². The fraction of sp³-hybridized carbons (Fsp3) is 0.283. The molecule has 8 nitrogen and oxygen atoms in total. The van der Waals surface area contributed by atoms with E-state index in [0.29, 0.717) is 29.6 Å². The number of ketones is 2. The van der Waals surface area contributed by atoms with Crippen LogP contribution in [-0.4, -0.2) is 63.6 Å². The van der Waals surface area contributed by atoms with Crippen molar-refractivity contribution < 1.29 is 38.1 Å². The third-order valence-corrected chi connectivity index (χ3v) is 14.1. The molecular formula is C53H60O8Si. The molecule has 0 saturated carbocycles.